The highest BCUT2D eigenvalue weighted by Gasteiger charge is 2.27. The number of methoxy groups -OCH3 is 1. The van der Waals surface area contributed by atoms with Crippen LogP contribution < -0.4 is 10.2 Å². The Morgan fingerprint density at radius 1 is 1.22 bits per heavy atom. The number of aromatic nitrogens is 1. The number of halogens is 1. The first-order valence-corrected chi connectivity index (χ1v) is 11.0. The molecule has 1 fully saturated rings. The highest BCUT2D eigenvalue weighted by molar-refractivity contribution is 6.37. The fourth-order valence-electron chi connectivity index (χ4n) is 4.33. The lowest BCUT2D eigenvalue weighted by molar-refractivity contribution is -0.117. The average molecular weight is 455 g/mol. The molecule has 1 aliphatic rings. The number of anilines is 2. The van der Waals surface area contributed by atoms with Crippen LogP contribution >= 0.6 is 11.6 Å². The molecule has 1 amide bonds. The molecule has 3 aromatic rings. The number of aryl methyl sites for hydroxylation is 1. The summed E-state index contributed by atoms with van der Waals surface area (Å²) in [5.74, 6) is -0.764. The van der Waals surface area contributed by atoms with Gasteiger partial charge in [-0.05, 0) is 43.7 Å². The topological polar surface area (TPSA) is 77.7 Å². The Hall–Kier alpha value is -3.03. The lowest BCUT2D eigenvalue weighted by Crippen LogP contribution is -2.53. The predicted molar refractivity (Wildman–Crippen MR) is 128 cm³/mol. The third-order valence-electron chi connectivity index (χ3n) is 5.84. The monoisotopic (exact) mass is 454 g/mol. The Morgan fingerprint density at radius 3 is 2.72 bits per heavy atom. The maximum atomic E-state index is 12.9. The molecule has 1 aliphatic heterocycles. The van der Waals surface area contributed by atoms with E-state index in [0.29, 0.717) is 21.6 Å². The molecule has 2 heterocycles. The number of hydrogen-bond donors (Lipinski definition) is 2. The fourth-order valence-corrected chi connectivity index (χ4v) is 4.60. The van der Waals surface area contributed by atoms with Gasteiger partial charge in [-0.25, -0.2) is 4.79 Å². The van der Waals surface area contributed by atoms with Gasteiger partial charge >= 0.3 is 5.97 Å². The Bertz CT molecular complexity index is 1160. The summed E-state index contributed by atoms with van der Waals surface area (Å²) in [6.45, 7) is 6.85. The van der Waals surface area contributed by atoms with Gasteiger partial charge in [-0.3, -0.25) is 9.69 Å². The van der Waals surface area contributed by atoms with Crippen LogP contribution in [-0.4, -0.2) is 61.1 Å². The lowest BCUT2D eigenvalue weighted by atomic mass is 10.1. The van der Waals surface area contributed by atoms with Crippen molar-refractivity contribution >= 4 is 45.8 Å². The van der Waals surface area contributed by atoms with E-state index in [0.717, 1.165) is 19.6 Å². The van der Waals surface area contributed by atoms with Gasteiger partial charge in [-0.15, -0.1) is 0 Å². The first-order chi connectivity index (χ1) is 15.4. The second-order valence-electron chi connectivity index (χ2n) is 8.19. The molecule has 0 spiro atoms. The highest BCUT2D eigenvalue weighted by atomic mass is 35.5. The van der Waals surface area contributed by atoms with Crippen molar-refractivity contribution in [2.24, 2.45) is 0 Å². The number of aromatic amines is 1. The minimum Gasteiger partial charge on any atom is -0.464 e. The average Bonchev–Trinajstić information content (AvgIpc) is 3.12. The van der Waals surface area contributed by atoms with E-state index in [1.54, 1.807) is 18.2 Å². The Kier molecular flexibility index (Phi) is 6.39. The molecule has 1 aromatic heterocycles. The van der Waals surface area contributed by atoms with Crippen molar-refractivity contribution in [3.8, 4) is 0 Å². The number of rotatable bonds is 5. The molecule has 168 valence electrons. The van der Waals surface area contributed by atoms with Crippen LogP contribution in [0.4, 0.5) is 11.4 Å². The molecule has 0 saturated carbocycles. The molecule has 1 atom stereocenters. The largest absolute Gasteiger partial charge is 0.464 e. The van der Waals surface area contributed by atoms with Crippen molar-refractivity contribution in [2.45, 2.75) is 19.9 Å². The molecule has 0 aliphatic carbocycles. The van der Waals surface area contributed by atoms with Crippen LogP contribution in [0.25, 0.3) is 10.9 Å². The molecule has 2 N–H and O–H groups in total. The third kappa shape index (κ3) is 4.45. The summed E-state index contributed by atoms with van der Waals surface area (Å²) in [5.41, 5.74) is 3.64. The molecule has 0 bridgehead atoms. The SMILES string of the molecule is COC(=O)c1[nH]c2cccc(Cl)c2c1NC(=O)CN1CCN(c2cccc(C)c2)[C@H](C)C1. The fraction of sp³-hybridized carbons (Fsp3) is 0.333. The molecule has 0 radical (unpaired) electrons. The number of H-pyrrole nitrogens is 1. The predicted octanol–water partition coefficient (Wildman–Crippen LogP) is 4.07. The molecule has 2 aromatic carbocycles. The summed E-state index contributed by atoms with van der Waals surface area (Å²) < 4.78 is 4.87. The zero-order chi connectivity index (χ0) is 22.8. The standard InChI is InChI=1S/C24H27ClN4O3/c1-15-6-4-7-17(12-15)29-11-10-28(13-16(29)2)14-20(30)27-22-21-18(25)8-5-9-19(21)26-23(22)24(31)32-3/h4-9,12,16,26H,10-11,13-14H2,1-3H3,(H,27,30)/t16-/m1/s1. The van der Waals surface area contributed by atoms with Crippen LogP contribution in [0.5, 0.6) is 0 Å². The van der Waals surface area contributed by atoms with Gasteiger partial charge in [0.1, 0.15) is 5.69 Å². The minimum absolute atomic E-state index is 0.182. The van der Waals surface area contributed by atoms with Gasteiger partial charge in [0.05, 0.1) is 24.4 Å². The molecule has 8 heteroatoms. The van der Waals surface area contributed by atoms with Gasteiger partial charge in [0.2, 0.25) is 5.91 Å². The first-order valence-electron chi connectivity index (χ1n) is 10.6. The molecule has 32 heavy (non-hydrogen) atoms. The molecule has 4 rings (SSSR count). The molecule has 1 saturated heterocycles. The number of benzene rings is 2. The van der Waals surface area contributed by atoms with Gasteiger partial charge in [-0.1, -0.05) is 29.8 Å². The van der Waals surface area contributed by atoms with Gasteiger partial charge in [0.25, 0.3) is 0 Å². The lowest BCUT2D eigenvalue weighted by Gasteiger charge is -2.41. The van der Waals surface area contributed by atoms with E-state index in [1.807, 2.05) is 0 Å². The van der Waals surface area contributed by atoms with E-state index in [9.17, 15) is 9.59 Å². The second-order valence-corrected chi connectivity index (χ2v) is 8.60. The van der Waals surface area contributed by atoms with E-state index in [1.165, 1.54) is 18.4 Å². The molecular formula is C24H27ClN4O3. The van der Waals surface area contributed by atoms with Crippen LogP contribution in [0, 0.1) is 6.92 Å². The summed E-state index contributed by atoms with van der Waals surface area (Å²) >= 11 is 6.36. The van der Waals surface area contributed by atoms with Crippen molar-refractivity contribution in [2.75, 3.05) is 43.5 Å². The van der Waals surface area contributed by atoms with E-state index in [4.69, 9.17) is 16.3 Å². The number of carbonyl (C=O) groups excluding carboxylic acids is 2. The Balaban J connectivity index is 1.47. The number of fused-ring (bicyclic) bond motifs is 1. The van der Waals surface area contributed by atoms with Crippen LogP contribution in [-0.2, 0) is 9.53 Å². The number of hydrogen-bond acceptors (Lipinski definition) is 5. The van der Waals surface area contributed by atoms with E-state index in [-0.39, 0.29) is 24.2 Å². The number of amides is 1. The summed E-state index contributed by atoms with van der Waals surface area (Å²) in [7, 11) is 1.30. The van der Waals surface area contributed by atoms with Gasteiger partial charge in [0, 0.05) is 42.3 Å². The van der Waals surface area contributed by atoms with E-state index >= 15 is 0 Å². The van der Waals surface area contributed by atoms with Crippen molar-refractivity contribution in [3.63, 3.8) is 0 Å². The normalized spacial score (nSPS) is 16.9. The summed E-state index contributed by atoms with van der Waals surface area (Å²) in [5, 5.41) is 3.94. The zero-order valence-corrected chi connectivity index (χ0v) is 19.2. The summed E-state index contributed by atoms with van der Waals surface area (Å²) in [6.07, 6.45) is 0. The number of ether oxygens (including phenoxy) is 1. The van der Waals surface area contributed by atoms with E-state index in [2.05, 4.69) is 58.2 Å². The van der Waals surface area contributed by atoms with Gasteiger partial charge < -0.3 is 19.9 Å². The maximum absolute atomic E-state index is 12.9. The van der Waals surface area contributed by atoms with Crippen LogP contribution in [0.2, 0.25) is 5.02 Å². The van der Waals surface area contributed by atoms with E-state index < -0.39 is 5.97 Å². The smallest absolute Gasteiger partial charge is 0.356 e. The number of nitrogens with one attached hydrogen (secondary N) is 2. The van der Waals surface area contributed by atoms with Crippen molar-refractivity contribution in [3.05, 3.63) is 58.7 Å². The van der Waals surface area contributed by atoms with Crippen LogP contribution in [0.15, 0.2) is 42.5 Å². The number of carbonyl (C=O) groups is 2. The van der Waals surface area contributed by atoms with Gasteiger partial charge in [-0.2, -0.15) is 0 Å². The quantitative estimate of drug-likeness (QED) is 0.568. The number of piperazine rings is 1. The minimum atomic E-state index is -0.562. The molecular weight excluding hydrogens is 428 g/mol. The van der Waals surface area contributed by atoms with Crippen LogP contribution in [0.3, 0.4) is 0 Å². The first kappa shape index (κ1) is 22.2. The highest BCUT2D eigenvalue weighted by Crippen LogP contribution is 2.34. The zero-order valence-electron chi connectivity index (χ0n) is 18.4. The maximum Gasteiger partial charge on any atom is 0.356 e. The van der Waals surface area contributed by atoms with Crippen molar-refractivity contribution < 1.29 is 14.3 Å². The Morgan fingerprint density at radius 2 is 2.00 bits per heavy atom. The molecule has 0 unspecified atom stereocenters. The second kappa shape index (κ2) is 9.22. The number of esters is 1. The Labute approximate surface area is 192 Å². The third-order valence-corrected chi connectivity index (χ3v) is 6.15. The van der Waals surface area contributed by atoms with Crippen LogP contribution in [0.1, 0.15) is 23.0 Å². The van der Waals surface area contributed by atoms with Crippen molar-refractivity contribution in [1.29, 1.82) is 0 Å². The molecule has 7 nitrogen and oxygen atoms in total. The van der Waals surface area contributed by atoms with Gasteiger partial charge in [0.15, 0.2) is 0 Å². The summed E-state index contributed by atoms with van der Waals surface area (Å²) in [6, 6.07) is 14.1. The van der Waals surface area contributed by atoms with Crippen molar-refractivity contribution in [1.82, 2.24) is 9.88 Å². The summed E-state index contributed by atoms with van der Waals surface area (Å²) in [4.78, 5) is 32.7. The number of nitrogens with zero attached hydrogens (tertiary/aromatic N) is 2.